The van der Waals surface area contributed by atoms with Crippen LogP contribution in [0.2, 0.25) is 5.02 Å². The van der Waals surface area contributed by atoms with E-state index in [4.69, 9.17) is 11.6 Å². The van der Waals surface area contributed by atoms with E-state index in [-0.39, 0.29) is 0 Å². The second kappa shape index (κ2) is 10.9. The van der Waals surface area contributed by atoms with Crippen LogP contribution in [0.15, 0.2) is 63.8 Å². The lowest BCUT2D eigenvalue weighted by Crippen LogP contribution is -2.23. The maximum absolute atomic E-state index is 6.21. The Morgan fingerprint density at radius 1 is 1.13 bits per heavy atom. The monoisotopic (exact) mass is 470 g/mol. The van der Waals surface area contributed by atoms with Crippen LogP contribution in [0.4, 0.5) is 5.95 Å². The van der Waals surface area contributed by atoms with Gasteiger partial charge in [-0.15, -0.1) is 5.10 Å². The Labute approximate surface area is 195 Å². The van der Waals surface area contributed by atoms with Crippen LogP contribution in [0.1, 0.15) is 37.7 Å². The van der Waals surface area contributed by atoms with Gasteiger partial charge in [0.1, 0.15) is 5.04 Å². The number of halogens is 1. The third kappa shape index (κ3) is 5.98. The summed E-state index contributed by atoms with van der Waals surface area (Å²) in [5.41, 5.74) is 1.81. The summed E-state index contributed by atoms with van der Waals surface area (Å²) >= 11 is 8.99. The molecule has 1 fully saturated rings. The van der Waals surface area contributed by atoms with Crippen molar-refractivity contribution in [3.8, 4) is 0 Å². The van der Waals surface area contributed by atoms with Crippen molar-refractivity contribution < 1.29 is 0 Å². The Morgan fingerprint density at radius 3 is 2.77 bits per heavy atom. The standard InChI is InChI=1S/C22H23ClN6S2/c1-24-28-21(31-29-30-20-10-6-5-9-18(20)23)15-11-12-19-16(13-15)14-25-22(27-19)26-17-7-3-2-4-8-17/h5-6,9-14,17,29H,1-4,7-8H2,(H,25,26,27)/b28-21-. The summed E-state index contributed by atoms with van der Waals surface area (Å²) in [6.07, 6.45) is 8.10. The molecule has 0 atom stereocenters. The highest BCUT2D eigenvalue weighted by Gasteiger charge is 2.14. The van der Waals surface area contributed by atoms with Crippen LogP contribution in [0.3, 0.4) is 0 Å². The molecule has 0 spiro atoms. The van der Waals surface area contributed by atoms with Crippen molar-refractivity contribution in [3.63, 3.8) is 0 Å². The molecule has 1 heterocycles. The number of hydrogen-bond donors (Lipinski definition) is 2. The van der Waals surface area contributed by atoms with Gasteiger partial charge in [0.25, 0.3) is 0 Å². The lowest BCUT2D eigenvalue weighted by Gasteiger charge is -2.22. The molecular formula is C22H23ClN6S2. The highest BCUT2D eigenvalue weighted by molar-refractivity contribution is 8.21. The Kier molecular flexibility index (Phi) is 7.80. The third-order valence-corrected chi connectivity index (χ3v) is 7.25. The van der Waals surface area contributed by atoms with Crippen molar-refractivity contribution in [2.24, 2.45) is 10.2 Å². The first-order chi connectivity index (χ1) is 15.2. The average molecular weight is 471 g/mol. The molecule has 160 valence electrons. The van der Waals surface area contributed by atoms with Crippen molar-refractivity contribution in [3.05, 3.63) is 59.2 Å². The maximum atomic E-state index is 6.21. The van der Waals surface area contributed by atoms with Crippen molar-refractivity contribution >= 4 is 64.1 Å². The predicted molar refractivity (Wildman–Crippen MR) is 134 cm³/mol. The van der Waals surface area contributed by atoms with E-state index in [0.29, 0.717) is 22.1 Å². The summed E-state index contributed by atoms with van der Waals surface area (Å²) in [7, 11) is 0. The molecule has 4 rings (SSSR count). The summed E-state index contributed by atoms with van der Waals surface area (Å²) in [6, 6.07) is 14.1. The molecule has 0 saturated heterocycles. The van der Waals surface area contributed by atoms with Crippen LogP contribution < -0.4 is 9.44 Å². The molecule has 0 radical (unpaired) electrons. The summed E-state index contributed by atoms with van der Waals surface area (Å²) in [5.74, 6) is 0.695. The Morgan fingerprint density at radius 2 is 1.97 bits per heavy atom. The molecule has 2 N–H and O–H groups in total. The highest BCUT2D eigenvalue weighted by atomic mass is 35.5. The first-order valence-corrected chi connectivity index (χ1v) is 12.1. The number of anilines is 1. The third-order valence-electron chi connectivity index (χ3n) is 5.05. The quantitative estimate of drug-likeness (QED) is 0.182. The number of hydrogen-bond acceptors (Lipinski definition) is 8. The van der Waals surface area contributed by atoms with Gasteiger partial charge in [0.15, 0.2) is 0 Å². The van der Waals surface area contributed by atoms with Gasteiger partial charge < -0.3 is 5.32 Å². The van der Waals surface area contributed by atoms with Crippen molar-refractivity contribution in [2.75, 3.05) is 5.32 Å². The van der Waals surface area contributed by atoms with Crippen LogP contribution in [-0.4, -0.2) is 27.8 Å². The Bertz CT molecular complexity index is 1080. The van der Waals surface area contributed by atoms with Gasteiger partial charge in [0.2, 0.25) is 5.95 Å². The van der Waals surface area contributed by atoms with Crippen LogP contribution in [-0.2, 0) is 0 Å². The van der Waals surface area contributed by atoms with Crippen LogP contribution in [0.25, 0.3) is 10.9 Å². The number of fused-ring (bicyclic) bond motifs is 1. The normalized spacial score (nSPS) is 15.2. The lowest BCUT2D eigenvalue weighted by molar-refractivity contribution is 0.461. The summed E-state index contributed by atoms with van der Waals surface area (Å²) in [6.45, 7) is 3.50. The molecule has 9 heteroatoms. The van der Waals surface area contributed by atoms with E-state index in [1.165, 1.54) is 56.0 Å². The van der Waals surface area contributed by atoms with E-state index in [1.54, 1.807) is 0 Å². The number of aromatic nitrogens is 2. The highest BCUT2D eigenvalue weighted by Crippen LogP contribution is 2.27. The molecule has 3 aromatic rings. The largest absolute Gasteiger partial charge is 0.351 e. The smallest absolute Gasteiger partial charge is 0.223 e. The minimum Gasteiger partial charge on any atom is -0.351 e. The van der Waals surface area contributed by atoms with E-state index < -0.39 is 0 Å². The van der Waals surface area contributed by atoms with Crippen molar-refractivity contribution in [1.29, 1.82) is 0 Å². The van der Waals surface area contributed by atoms with Gasteiger partial charge in [0.05, 0.1) is 10.5 Å². The topological polar surface area (TPSA) is 74.6 Å². The van der Waals surface area contributed by atoms with Gasteiger partial charge in [-0.3, -0.25) is 0 Å². The first kappa shape index (κ1) is 22.1. The summed E-state index contributed by atoms with van der Waals surface area (Å²) in [5, 5.41) is 13.7. The lowest BCUT2D eigenvalue weighted by atomic mass is 9.96. The predicted octanol–water partition coefficient (Wildman–Crippen LogP) is 6.34. The van der Waals surface area contributed by atoms with E-state index in [9.17, 15) is 0 Å². The molecular weight excluding hydrogens is 448 g/mol. The molecule has 0 amide bonds. The average Bonchev–Trinajstić information content (AvgIpc) is 2.80. The number of benzene rings is 2. The molecule has 1 aliphatic carbocycles. The van der Waals surface area contributed by atoms with Gasteiger partial charge in [0, 0.05) is 34.8 Å². The van der Waals surface area contributed by atoms with E-state index >= 15 is 0 Å². The molecule has 0 aliphatic heterocycles. The van der Waals surface area contributed by atoms with Gasteiger partial charge in [-0.25, -0.2) is 9.97 Å². The molecule has 1 saturated carbocycles. The fraction of sp³-hybridized carbons (Fsp3) is 0.273. The number of nitrogens with one attached hydrogen (secondary N) is 2. The Hall–Kier alpha value is -2.13. The van der Waals surface area contributed by atoms with Crippen molar-refractivity contribution in [1.82, 2.24) is 14.1 Å². The number of nitrogens with zero attached hydrogens (tertiary/aromatic N) is 4. The first-order valence-electron chi connectivity index (χ1n) is 10.1. The zero-order chi connectivity index (χ0) is 21.5. The molecule has 1 aromatic heterocycles. The summed E-state index contributed by atoms with van der Waals surface area (Å²) in [4.78, 5) is 10.1. The van der Waals surface area contributed by atoms with Gasteiger partial charge >= 0.3 is 0 Å². The van der Waals surface area contributed by atoms with E-state index in [0.717, 1.165) is 21.4 Å². The SMILES string of the molecule is C=N/N=C(\SNSc1ccccc1Cl)c1ccc2nc(NC3CCCCC3)ncc2c1. The zero-order valence-electron chi connectivity index (χ0n) is 16.9. The molecule has 0 unspecified atom stereocenters. The van der Waals surface area contributed by atoms with Gasteiger partial charge in [-0.2, -0.15) is 9.23 Å². The minimum absolute atomic E-state index is 0.473. The van der Waals surface area contributed by atoms with Gasteiger partial charge in [-0.1, -0.05) is 43.0 Å². The van der Waals surface area contributed by atoms with Crippen LogP contribution in [0.5, 0.6) is 0 Å². The van der Waals surface area contributed by atoms with Crippen molar-refractivity contribution in [2.45, 2.75) is 43.0 Å². The minimum atomic E-state index is 0.473. The second-order valence-corrected chi connectivity index (χ2v) is 9.52. The zero-order valence-corrected chi connectivity index (χ0v) is 19.3. The second-order valence-electron chi connectivity index (χ2n) is 7.21. The Balaban J connectivity index is 1.45. The number of rotatable bonds is 7. The molecule has 0 bridgehead atoms. The van der Waals surface area contributed by atoms with E-state index in [2.05, 4.69) is 36.3 Å². The molecule has 1 aliphatic rings. The molecule has 2 aromatic carbocycles. The fourth-order valence-corrected chi connectivity index (χ4v) is 5.25. The summed E-state index contributed by atoms with van der Waals surface area (Å²) < 4.78 is 3.22. The van der Waals surface area contributed by atoms with Crippen LogP contribution >= 0.6 is 35.5 Å². The van der Waals surface area contributed by atoms with E-state index in [1.807, 2.05) is 48.7 Å². The van der Waals surface area contributed by atoms with Crippen LogP contribution in [0, 0.1) is 0 Å². The maximum Gasteiger partial charge on any atom is 0.223 e. The molecule has 31 heavy (non-hydrogen) atoms. The molecule has 6 nitrogen and oxygen atoms in total. The van der Waals surface area contributed by atoms with Gasteiger partial charge in [-0.05, 0) is 67.1 Å². The fourth-order valence-electron chi connectivity index (χ4n) is 3.50.